The predicted octanol–water partition coefficient (Wildman–Crippen LogP) is 2.77. The van der Waals surface area contributed by atoms with E-state index in [1.807, 2.05) is 24.3 Å². The summed E-state index contributed by atoms with van der Waals surface area (Å²) in [5, 5.41) is 2.94. The quantitative estimate of drug-likeness (QED) is 0.478. The number of aryl methyl sites for hydroxylation is 2. The van der Waals surface area contributed by atoms with Gasteiger partial charge in [-0.2, -0.15) is 0 Å². The average Bonchev–Trinajstić information content (AvgIpc) is 3.13. The minimum Gasteiger partial charge on any atom is -0.356 e. The second kappa shape index (κ2) is 10.7. The fraction of sp³-hybridized carbons (Fsp3) is 0.435. The molecule has 0 aliphatic carbocycles. The molecule has 0 aliphatic heterocycles. The Morgan fingerprint density at radius 1 is 1.16 bits per heavy atom. The van der Waals surface area contributed by atoms with E-state index in [1.165, 1.54) is 18.4 Å². The summed E-state index contributed by atoms with van der Waals surface area (Å²) in [6, 6.07) is 10.8. The molecule has 0 bridgehead atoms. The molecule has 1 aromatic carbocycles. The highest BCUT2D eigenvalue weighted by Crippen LogP contribution is 2.23. The van der Waals surface area contributed by atoms with Crippen LogP contribution in [0.3, 0.4) is 0 Å². The van der Waals surface area contributed by atoms with Crippen molar-refractivity contribution in [2.75, 3.05) is 20.6 Å². The molecule has 9 heteroatoms. The van der Waals surface area contributed by atoms with Crippen molar-refractivity contribution in [3.63, 3.8) is 0 Å². The van der Waals surface area contributed by atoms with Gasteiger partial charge in [-0.15, -0.1) is 0 Å². The van der Waals surface area contributed by atoms with Crippen molar-refractivity contribution < 1.29 is 13.2 Å². The molecule has 1 amide bonds. The number of benzene rings is 1. The first-order valence-corrected chi connectivity index (χ1v) is 12.3. The third-order valence-corrected chi connectivity index (χ3v) is 7.13. The molecule has 0 aliphatic rings. The number of nitrogens with one attached hydrogen (secondary N) is 1. The molecule has 0 radical (unpaired) electrons. The van der Waals surface area contributed by atoms with Gasteiger partial charge in [0, 0.05) is 58.3 Å². The molecular formula is C23H31N5O3S. The molecule has 0 atom stereocenters. The van der Waals surface area contributed by atoms with E-state index < -0.39 is 10.0 Å². The van der Waals surface area contributed by atoms with Gasteiger partial charge < -0.3 is 9.88 Å². The maximum Gasteiger partial charge on any atom is 0.242 e. The van der Waals surface area contributed by atoms with Gasteiger partial charge in [0.2, 0.25) is 15.9 Å². The molecule has 0 saturated carbocycles. The molecule has 0 fully saturated rings. The number of hydrogen-bond acceptors (Lipinski definition) is 5. The zero-order valence-electron chi connectivity index (χ0n) is 18.9. The molecule has 2 aromatic heterocycles. The molecule has 32 heavy (non-hydrogen) atoms. The normalized spacial score (nSPS) is 11.9. The van der Waals surface area contributed by atoms with Crippen LogP contribution in [0.4, 0.5) is 0 Å². The monoisotopic (exact) mass is 457 g/mol. The lowest BCUT2D eigenvalue weighted by atomic mass is 10.2. The van der Waals surface area contributed by atoms with Crippen LogP contribution in [0.15, 0.2) is 47.5 Å². The van der Waals surface area contributed by atoms with Crippen LogP contribution in [0.5, 0.6) is 0 Å². The van der Waals surface area contributed by atoms with E-state index >= 15 is 0 Å². The molecule has 172 valence electrons. The van der Waals surface area contributed by atoms with Crippen molar-refractivity contribution in [1.82, 2.24) is 24.2 Å². The van der Waals surface area contributed by atoms with E-state index in [4.69, 9.17) is 0 Å². The van der Waals surface area contributed by atoms with E-state index in [-0.39, 0.29) is 10.8 Å². The van der Waals surface area contributed by atoms with Gasteiger partial charge in [0.25, 0.3) is 0 Å². The summed E-state index contributed by atoms with van der Waals surface area (Å²) in [5.41, 5.74) is 2.47. The topological polar surface area (TPSA) is 97.2 Å². The second-order valence-corrected chi connectivity index (χ2v) is 10.0. The zero-order valence-corrected chi connectivity index (χ0v) is 19.7. The number of imidazole rings is 1. The third-order valence-electron chi connectivity index (χ3n) is 5.32. The fourth-order valence-electron chi connectivity index (χ4n) is 3.48. The Hall–Kier alpha value is -2.78. The van der Waals surface area contributed by atoms with Gasteiger partial charge in [0.15, 0.2) is 0 Å². The Labute approximate surface area is 189 Å². The molecule has 8 nitrogen and oxygen atoms in total. The van der Waals surface area contributed by atoms with Crippen LogP contribution in [0.2, 0.25) is 0 Å². The number of carbonyl (C=O) groups excluding carboxylic acids is 1. The number of rotatable bonds is 11. The molecule has 1 N–H and O–H groups in total. The van der Waals surface area contributed by atoms with Crippen molar-refractivity contribution >= 4 is 27.0 Å². The lowest BCUT2D eigenvalue weighted by Gasteiger charge is -2.11. The summed E-state index contributed by atoms with van der Waals surface area (Å²) < 4.78 is 28.3. The number of amides is 1. The van der Waals surface area contributed by atoms with E-state index in [2.05, 4.69) is 26.8 Å². The Morgan fingerprint density at radius 3 is 2.66 bits per heavy atom. The lowest BCUT2D eigenvalue weighted by Crippen LogP contribution is -2.26. The first kappa shape index (κ1) is 23.9. The Bertz CT molecular complexity index is 1160. The van der Waals surface area contributed by atoms with Gasteiger partial charge in [-0.3, -0.25) is 9.78 Å². The minimum absolute atomic E-state index is 0.0362. The maximum atomic E-state index is 12.5. The van der Waals surface area contributed by atoms with E-state index in [1.54, 1.807) is 18.3 Å². The number of pyridine rings is 1. The van der Waals surface area contributed by atoms with Crippen molar-refractivity contribution in [2.45, 2.75) is 50.5 Å². The standard InChI is InChI=1S/C23H31N5O3S/c1-4-5-16-28-21-10-9-19(32(30,31)27(2)3)17-20(21)26-22(28)11-12-23(29)25-15-13-18-8-6-7-14-24-18/h6-10,14,17H,4-5,11-13,15-16H2,1-3H3,(H,25,29). The molecule has 0 spiro atoms. The van der Waals surface area contributed by atoms with Gasteiger partial charge in [0.05, 0.1) is 15.9 Å². The summed E-state index contributed by atoms with van der Waals surface area (Å²) in [5.74, 6) is 0.763. The molecule has 3 aromatic rings. The minimum atomic E-state index is -3.53. The number of aromatic nitrogens is 3. The summed E-state index contributed by atoms with van der Waals surface area (Å²) in [4.78, 5) is 21.5. The van der Waals surface area contributed by atoms with Gasteiger partial charge in [-0.25, -0.2) is 17.7 Å². The number of hydrogen-bond donors (Lipinski definition) is 1. The predicted molar refractivity (Wildman–Crippen MR) is 125 cm³/mol. The summed E-state index contributed by atoms with van der Waals surface area (Å²) in [6.45, 7) is 3.44. The fourth-order valence-corrected chi connectivity index (χ4v) is 4.40. The zero-order chi connectivity index (χ0) is 23.1. The van der Waals surface area contributed by atoms with Gasteiger partial charge in [0.1, 0.15) is 5.82 Å². The maximum absolute atomic E-state index is 12.5. The molecule has 2 heterocycles. The van der Waals surface area contributed by atoms with Crippen LogP contribution in [0.1, 0.15) is 37.7 Å². The largest absolute Gasteiger partial charge is 0.356 e. The summed E-state index contributed by atoms with van der Waals surface area (Å²) >= 11 is 0. The van der Waals surface area contributed by atoms with Crippen LogP contribution in [-0.2, 0) is 34.2 Å². The average molecular weight is 458 g/mol. The Balaban J connectivity index is 1.72. The molecule has 3 rings (SSSR count). The number of nitrogens with zero attached hydrogens (tertiary/aromatic N) is 4. The second-order valence-electron chi connectivity index (χ2n) is 7.89. The number of fused-ring (bicyclic) bond motifs is 1. The Morgan fingerprint density at radius 2 is 1.97 bits per heavy atom. The third kappa shape index (κ3) is 5.72. The number of unbranched alkanes of at least 4 members (excludes halogenated alkanes) is 1. The van der Waals surface area contributed by atoms with Crippen molar-refractivity contribution in [3.05, 3.63) is 54.1 Å². The van der Waals surface area contributed by atoms with Crippen molar-refractivity contribution in [1.29, 1.82) is 0 Å². The first-order chi connectivity index (χ1) is 15.3. The van der Waals surface area contributed by atoms with Crippen LogP contribution in [-0.4, -0.2) is 53.8 Å². The molecule has 0 saturated heterocycles. The van der Waals surface area contributed by atoms with E-state index in [0.717, 1.165) is 36.4 Å². The van der Waals surface area contributed by atoms with E-state index in [0.29, 0.717) is 31.3 Å². The van der Waals surface area contributed by atoms with Crippen LogP contribution in [0, 0.1) is 0 Å². The summed E-state index contributed by atoms with van der Waals surface area (Å²) in [6.07, 6.45) is 5.24. The van der Waals surface area contributed by atoms with Crippen LogP contribution < -0.4 is 5.32 Å². The first-order valence-electron chi connectivity index (χ1n) is 10.9. The number of carbonyl (C=O) groups is 1. The van der Waals surface area contributed by atoms with Crippen molar-refractivity contribution in [3.8, 4) is 0 Å². The van der Waals surface area contributed by atoms with Crippen molar-refractivity contribution in [2.24, 2.45) is 0 Å². The molecule has 0 unspecified atom stereocenters. The van der Waals surface area contributed by atoms with Crippen LogP contribution in [0.25, 0.3) is 11.0 Å². The highest BCUT2D eigenvalue weighted by Gasteiger charge is 2.20. The lowest BCUT2D eigenvalue weighted by molar-refractivity contribution is -0.121. The van der Waals surface area contributed by atoms with Gasteiger partial charge in [-0.1, -0.05) is 19.4 Å². The summed E-state index contributed by atoms with van der Waals surface area (Å²) in [7, 11) is -0.511. The Kier molecular flexibility index (Phi) is 7.98. The van der Waals surface area contributed by atoms with Crippen LogP contribution >= 0.6 is 0 Å². The molecular weight excluding hydrogens is 426 g/mol. The van der Waals surface area contributed by atoms with E-state index in [9.17, 15) is 13.2 Å². The highest BCUT2D eigenvalue weighted by atomic mass is 32.2. The smallest absolute Gasteiger partial charge is 0.242 e. The number of sulfonamides is 1. The van der Waals surface area contributed by atoms with Gasteiger partial charge >= 0.3 is 0 Å². The SMILES string of the molecule is CCCCn1c(CCC(=O)NCCc2ccccn2)nc2cc(S(=O)(=O)N(C)C)ccc21. The highest BCUT2D eigenvalue weighted by molar-refractivity contribution is 7.89. The van der Waals surface area contributed by atoms with Gasteiger partial charge in [-0.05, 0) is 36.8 Å².